The number of nitrogens with zero attached hydrogens (tertiary/aromatic N) is 1. The molecule has 0 aliphatic carbocycles. The van der Waals surface area contributed by atoms with Crippen molar-refractivity contribution < 1.29 is 5.11 Å². The molecule has 0 heterocycles. The van der Waals surface area contributed by atoms with Crippen molar-refractivity contribution in [3.05, 3.63) is 34.4 Å². The molecule has 1 aromatic carbocycles. The second-order valence-electron chi connectivity index (χ2n) is 3.18. The van der Waals surface area contributed by atoms with Gasteiger partial charge in [0.05, 0.1) is 11.6 Å². The van der Waals surface area contributed by atoms with Crippen LogP contribution in [0.25, 0.3) is 0 Å². The van der Waals surface area contributed by atoms with E-state index in [1.54, 1.807) is 0 Å². The summed E-state index contributed by atoms with van der Waals surface area (Å²) < 4.78 is 0. The van der Waals surface area contributed by atoms with Crippen molar-refractivity contribution in [2.45, 2.75) is 20.3 Å². The fourth-order valence-corrected chi connectivity index (χ4v) is 1.41. The second kappa shape index (κ2) is 4.06. The third-order valence-corrected chi connectivity index (χ3v) is 2.18. The molecule has 2 heteroatoms. The number of aliphatic hydroxyl groups is 1. The third-order valence-electron chi connectivity index (χ3n) is 2.18. The Hall–Kier alpha value is -1.33. The SMILES string of the molecule is Cc1cc(C)c(CCO)cc1C#N. The van der Waals surface area contributed by atoms with E-state index in [-0.39, 0.29) is 6.61 Å². The summed E-state index contributed by atoms with van der Waals surface area (Å²) in [5.74, 6) is 0. The maximum atomic E-state index is 8.79. The van der Waals surface area contributed by atoms with Crippen molar-refractivity contribution >= 4 is 0 Å². The van der Waals surface area contributed by atoms with Gasteiger partial charge in [-0.2, -0.15) is 5.26 Å². The van der Waals surface area contributed by atoms with Crippen LogP contribution in [0.1, 0.15) is 22.3 Å². The zero-order chi connectivity index (χ0) is 9.84. The van der Waals surface area contributed by atoms with E-state index in [0.29, 0.717) is 12.0 Å². The largest absolute Gasteiger partial charge is 0.396 e. The van der Waals surface area contributed by atoms with Crippen LogP contribution < -0.4 is 0 Å². The quantitative estimate of drug-likeness (QED) is 0.743. The Labute approximate surface area is 78.4 Å². The Bertz CT molecular complexity index is 350. The van der Waals surface area contributed by atoms with E-state index in [1.807, 2.05) is 26.0 Å². The van der Waals surface area contributed by atoms with Crippen LogP contribution in [0.2, 0.25) is 0 Å². The molecule has 0 radical (unpaired) electrons. The van der Waals surface area contributed by atoms with Gasteiger partial charge in [-0.25, -0.2) is 0 Å². The highest BCUT2D eigenvalue weighted by atomic mass is 16.2. The summed E-state index contributed by atoms with van der Waals surface area (Å²) >= 11 is 0. The Morgan fingerprint density at radius 1 is 1.31 bits per heavy atom. The highest BCUT2D eigenvalue weighted by Crippen LogP contribution is 2.15. The monoisotopic (exact) mass is 175 g/mol. The van der Waals surface area contributed by atoms with Gasteiger partial charge in [0, 0.05) is 6.61 Å². The molecule has 0 spiro atoms. The molecule has 0 aliphatic heterocycles. The topological polar surface area (TPSA) is 44.0 Å². The van der Waals surface area contributed by atoms with Crippen LogP contribution >= 0.6 is 0 Å². The van der Waals surface area contributed by atoms with Gasteiger partial charge in [0.15, 0.2) is 0 Å². The molecule has 0 fully saturated rings. The van der Waals surface area contributed by atoms with Gasteiger partial charge in [-0.15, -0.1) is 0 Å². The molecular weight excluding hydrogens is 162 g/mol. The predicted molar refractivity (Wildman–Crippen MR) is 51.4 cm³/mol. The lowest BCUT2D eigenvalue weighted by Gasteiger charge is -2.06. The highest BCUT2D eigenvalue weighted by Gasteiger charge is 2.03. The number of hydrogen-bond acceptors (Lipinski definition) is 2. The molecule has 0 bridgehead atoms. The lowest BCUT2D eigenvalue weighted by Crippen LogP contribution is -1.96. The highest BCUT2D eigenvalue weighted by molar-refractivity contribution is 5.43. The first kappa shape index (κ1) is 9.76. The van der Waals surface area contributed by atoms with Crippen LogP contribution in [0, 0.1) is 25.2 Å². The molecular formula is C11H13NO. The van der Waals surface area contributed by atoms with Crippen molar-refractivity contribution in [1.29, 1.82) is 5.26 Å². The fraction of sp³-hybridized carbons (Fsp3) is 0.364. The predicted octanol–water partition coefficient (Wildman–Crippen LogP) is 1.71. The summed E-state index contributed by atoms with van der Waals surface area (Å²) in [6.07, 6.45) is 0.626. The second-order valence-corrected chi connectivity index (χ2v) is 3.18. The summed E-state index contributed by atoms with van der Waals surface area (Å²) in [7, 11) is 0. The van der Waals surface area contributed by atoms with E-state index in [0.717, 1.165) is 16.7 Å². The molecule has 1 aromatic rings. The molecule has 0 unspecified atom stereocenters. The number of hydrogen-bond donors (Lipinski definition) is 1. The third kappa shape index (κ3) is 2.07. The lowest BCUT2D eigenvalue weighted by molar-refractivity contribution is 0.299. The van der Waals surface area contributed by atoms with Crippen molar-refractivity contribution in [1.82, 2.24) is 0 Å². The molecule has 0 saturated carbocycles. The first-order valence-electron chi connectivity index (χ1n) is 4.30. The zero-order valence-corrected chi connectivity index (χ0v) is 7.96. The number of aliphatic hydroxyl groups excluding tert-OH is 1. The smallest absolute Gasteiger partial charge is 0.0994 e. The minimum atomic E-state index is 0.134. The normalized spacial score (nSPS) is 9.69. The molecule has 0 amide bonds. The van der Waals surface area contributed by atoms with E-state index in [2.05, 4.69) is 6.07 Å². The van der Waals surface area contributed by atoms with E-state index in [1.165, 1.54) is 0 Å². The van der Waals surface area contributed by atoms with Crippen LogP contribution in [0.5, 0.6) is 0 Å². The molecule has 1 rings (SSSR count). The minimum absolute atomic E-state index is 0.134. The van der Waals surface area contributed by atoms with Crippen LogP contribution in [0.3, 0.4) is 0 Å². The zero-order valence-electron chi connectivity index (χ0n) is 7.96. The van der Waals surface area contributed by atoms with Crippen LogP contribution in [0.15, 0.2) is 12.1 Å². The summed E-state index contributed by atoms with van der Waals surface area (Å²) in [6, 6.07) is 5.99. The van der Waals surface area contributed by atoms with Crippen molar-refractivity contribution in [3.8, 4) is 6.07 Å². The van der Waals surface area contributed by atoms with Gasteiger partial charge in [-0.05, 0) is 43.0 Å². The Kier molecular flexibility index (Phi) is 3.05. The van der Waals surface area contributed by atoms with Crippen molar-refractivity contribution in [2.75, 3.05) is 6.61 Å². The standard InChI is InChI=1S/C11H13NO/c1-8-5-9(2)11(7-12)6-10(8)3-4-13/h5-6,13H,3-4H2,1-2H3. The van der Waals surface area contributed by atoms with Gasteiger partial charge in [-0.1, -0.05) is 6.07 Å². The molecule has 2 nitrogen and oxygen atoms in total. The molecule has 0 aliphatic rings. The van der Waals surface area contributed by atoms with Crippen molar-refractivity contribution in [3.63, 3.8) is 0 Å². The number of benzene rings is 1. The van der Waals surface area contributed by atoms with Crippen molar-refractivity contribution in [2.24, 2.45) is 0 Å². The van der Waals surface area contributed by atoms with Gasteiger partial charge in [0.2, 0.25) is 0 Å². The Morgan fingerprint density at radius 2 is 2.00 bits per heavy atom. The minimum Gasteiger partial charge on any atom is -0.396 e. The van der Waals surface area contributed by atoms with E-state index >= 15 is 0 Å². The fourth-order valence-electron chi connectivity index (χ4n) is 1.41. The lowest BCUT2D eigenvalue weighted by atomic mass is 9.99. The maximum absolute atomic E-state index is 8.79. The van der Waals surface area contributed by atoms with Gasteiger partial charge in [-0.3, -0.25) is 0 Å². The van der Waals surface area contributed by atoms with E-state index in [4.69, 9.17) is 10.4 Å². The average molecular weight is 175 g/mol. The summed E-state index contributed by atoms with van der Waals surface area (Å²) in [6.45, 7) is 4.06. The first-order valence-corrected chi connectivity index (χ1v) is 4.30. The summed E-state index contributed by atoms with van der Waals surface area (Å²) in [5.41, 5.74) is 3.91. The van der Waals surface area contributed by atoms with Gasteiger partial charge < -0.3 is 5.11 Å². The van der Waals surface area contributed by atoms with Crippen LogP contribution in [0.4, 0.5) is 0 Å². The molecule has 0 saturated heterocycles. The van der Waals surface area contributed by atoms with Gasteiger partial charge in [0.1, 0.15) is 0 Å². The average Bonchev–Trinajstić information content (AvgIpc) is 2.10. The molecule has 0 aromatic heterocycles. The Morgan fingerprint density at radius 3 is 2.54 bits per heavy atom. The Balaban J connectivity index is 3.16. The summed E-state index contributed by atoms with van der Waals surface area (Å²) in [5, 5.41) is 17.6. The number of rotatable bonds is 2. The maximum Gasteiger partial charge on any atom is 0.0994 e. The summed E-state index contributed by atoms with van der Waals surface area (Å²) in [4.78, 5) is 0. The molecule has 13 heavy (non-hydrogen) atoms. The number of nitriles is 1. The van der Waals surface area contributed by atoms with Gasteiger partial charge in [0.25, 0.3) is 0 Å². The van der Waals surface area contributed by atoms with E-state index < -0.39 is 0 Å². The molecule has 68 valence electrons. The van der Waals surface area contributed by atoms with Crippen LogP contribution in [-0.2, 0) is 6.42 Å². The van der Waals surface area contributed by atoms with Crippen LogP contribution in [-0.4, -0.2) is 11.7 Å². The molecule has 0 atom stereocenters. The first-order chi connectivity index (χ1) is 6.19. The van der Waals surface area contributed by atoms with Gasteiger partial charge >= 0.3 is 0 Å². The van der Waals surface area contributed by atoms with E-state index in [9.17, 15) is 0 Å². The molecule has 1 N–H and O–H groups in total. The number of aryl methyl sites for hydroxylation is 2.